The average molecular weight is 441 g/mol. The third-order valence-corrected chi connectivity index (χ3v) is 6.77. The van der Waals surface area contributed by atoms with Crippen LogP contribution in [0.15, 0.2) is 48.4 Å². The molecule has 1 aliphatic carbocycles. The van der Waals surface area contributed by atoms with Crippen molar-refractivity contribution in [2.24, 2.45) is 5.92 Å². The molecule has 0 spiro atoms. The Morgan fingerprint density at radius 1 is 1.29 bits per heavy atom. The molecule has 0 bridgehead atoms. The second-order valence-corrected chi connectivity index (χ2v) is 8.92. The molecule has 1 aromatic heterocycles. The van der Waals surface area contributed by atoms with Crippen LogP contribution in [0.25, 0.3) is 0 Å². The summed E-state index contributed by atoms with van der Waals surface area (Å²) in [5.41, 5.74) is 1.14. The summed E-state index contributed by atoms with van der Waals surface area (Å²) in [5, 5.41) is 2.07. The molecule has 0 saturated heterocycles. The Morgan fingerprint density at radius 3 is 2.84 bits per heavy atom. The van der Waals surface area contributed by atoms with Gasteiger partial charge >= 0.3 is 0 Å². The summed E-state index contributed by atoms with van der Waals surface area (Å²) in [6.07, 6.45) is 4.34. The lowest BCUT2D eigenvalue weighted by molar-refractivity contribution is -0.142. The van der Waals surface area contributed by atoms with Crippen LogP contribution in [-0.2, 0) is 16.0 Å². The van der Waals surface area contributed by atoms with Crippen LogP contribution in [0, 0.1) is 5.92 Å². The summed E-state index contributed by atoms with van der Waals surface area (Å²) in [6.45, 7) is 5.19. The molecule has 2 heterocycles. The highest BCUT2D eigenvalue weighted by molar-refractivity contribution is 7.10. The first-order valence-electron chi connectivity index (χ1n) is 10.6. The van der Waals surface area contributed by atoms with Gasteiger partial charge in [0.2, 0.25) is 11.8 Å². The van der Waals surface area contributed by atoms with Gasteiger partial charge in [0.05, 0.1) is 13.2 Å². The van der Waals surface area contributed by atoms with Gasteiger partial charge in [0.25, 0.3) is 0 Å². The minimum atomic E-state index is -0.185. The molecule has 1 saturated carbocycles. The number of methoxy groups -OCH3 is 1. The van der Waals surface area contributed by atoms with Crippen molar-refractivity contribution in [1.29, 1.82) is 0 Å². The summed E-state index contributed by atoms with van der Waals surface area (Å²) >= 11 is 1.72. The van der Waals surface area contributed by atoms with Gasteiger partial charge in [-0.25, -0.2) is 0 Å². The number of carbonyl (C=O) groups is 2. The summed E-state index contributed by atoms with van der Waals surface area (Å²) < 4.78 is 11.4. The van der Waals surface area contributed by atoms with Crippen molar-refractivity contribution in [3.63, 3.8) is 0 Å². The molecule has 164 valence electrons. The lowest BCUT2D eigenvalue weighted by Crippen LogP contribution is -2.48. The van der Waals surface area contributed by atoms with Gasteiger partial charge in [-0.05, 0) is 48.4 Å². The first-order valence-corrected chi connectivity index (χ1v) is 11.5. The normalized spacial score (nSPS) is 17.6. The Morgan fingerprint density at radius 2 is 2.10 bits per heavy atom. The smallest absolute Gasteiger partial charge is 0.242 e. The van der Waals surface area contributed by atoms with E-state index < -0.39 is 0 Å². The van der Waals surface area contributed by atoms with E-state index in [0.717, 1.165) is 30.6 Å². The van der Waals surface area contributed by atoms with Crippen LogP contribution in [0.1, 0.15) is 29.3 Å². The van der Waals surface area contributed by atoms with Crippen LogP contribution in [-0.4, -0.2) is 55.0 Å². The molecule has 2 aromatic rings. The van der Waals surface area contributed by atoms with E-state index in [4.69, 9.17) is 9.47 Å². The van der Waals surface area contributed by atoms with Crippen molar-refractivity contribution in [3.8, 4) is 11.5 Å². The monoisotopic (exact) mass is 440 g/mol. The quantitative estimate of drug-likeness (QED) is 0.558. The average Bonchev–Trinajstić information content (AvgIpc) is 3.53. The van der Waals surface area contributed by atoms with Crippen LogP contribution in [0.3, 0.4) is 0 Å². The van der Waals surface area contributed by atoms with E-state index in [1.165, 1.54) is 4.88 Å². The first-order chi connectivity index (χ1) is 15.1. The lowest BCUT2D eigenvalue weighted by Gasteiger charge is -2.37. The summed E-state index contributed by atoms with van der Waals surface area (Å²) in [7, 11) is 1.62. The van der Waals surface area contributed by atoms with E-state index in [0.29, 0.717) is 25.4 Å². The van der Waals surface area contributed by atoms with Crippen molar-refractivity contribution in [2.45, 2.75) is 25.3 Å². The van der Waals surface area contributed by atoms with Gasteiger partial charge < -0.3 is 19.3 Å². The predicted molar refractivity (Wildman–Crippen MR) is 120 cm³/mol. The Bertz CT molecular complexity index is 953. The molecule has 1 atom stereocenters. The second kappa shape index (κ2) is 9.56. The summed E-state index contributed by atoms with van der Waals surface area (Å²) in [5.74, 6) is 1.51. The molecule has 6 nitrogen and oxygen atoms in total. The van der Waals surface area contributed by atoms with E-state index in [1.807, 2.05) is 29.2 Å². The van der Waals surface area contributed by atoms with E-state index >= 15 is 0 Å². The van der Waals surface area contributed by atoms with Crippen molar-refractivity contribution in [2.75, 3.05) is 33.4 Å². The highest BCUT2D eigenvalue weighted by Gasteiger charge is 2.36. The van der Waals surface area contributed by atoms with Crippen LogP contribution in [0.5, 0.6) is 11.5 Å². The molecular weight excluding hydrogens is 412 g/mol. The highest BCUT2D eigenvalue weighted by Crippen LogP contribution is 2.35. The number of hydrogen-bond acceptors (Lipinski definition) is 5. The first kappa shape index (κ1) is 21.4. The topological polar surface area (TPSA) is 59.1 Å². The Hall–Kier alpha value is -2.80. The van der Waals surface area contributed by atoms with Gasteiger partial charge in [0, 0.05) is 30.0 Å². The molecule has 31 heavy (non-hydrogen) atoms. The van der Waals surface area contributed by atoms with Crippen molar-refractivity contribution >= 4 is 23.2 Å². The maximum Gasteiger partial charge on any atom is 0.242 e. The number of ether oxygens (including phenoxy) is 2. The predicted octanol–water partition coefficient (Wildman–Crippen LogP) is 3.69. The summed E-state index contributed by atoms with van der Waals surface area (Å²) in [6, 6.07) is 9.36. The van der Waals surface area contributed by atoms with E-state index in [1.54, 1.807) is 29.4 Å². The van der Waals surface area contributed by atoms with Gasteiger partial charge in [-0.3, -0.25) is 9.59 Å². The van der Waals surface area contributed by atoms with Gasteiger partial charge in [0.1, 0.15) is 24.7 Å². The third kappa shape index (κ3) is 4.93. The standard InChI is InChI=1S/C24H28N2O4S/c1-3-11-25(24(28)17-7-8-17)15-23(27)26-12-9-22-20(10-13-31-22)21(26)16-30-19-6-4-5-18(14-19)29-2/h3-6,10,13-14,17,21H,1,7-9,11-12,15-16H2,2H3. The maximum atomic E-state index is 13.3. The van der Waals surface area contributed by atoms with Crippen LogP contribution < -0.4 is 9.47 Å². The zero-order valence-corrected chi connectivity index (χ0v) is 18.6. The van der Waals surface area contributed by atoms with Gasteiger partial charge in [-0.15, -0.1) is 17.9 Å². The number of hydrogen-bond donors (Lipinski definition) is 0. The fourth-order valence-corrected chi connectivity index (χ4v) is 4.90. The number of rotatable bonds is 9. The molecule has 1 aliphatic heterocycles. The van der Waals surface area contributed by atoms with Crippen molar-refractivity contribution in [1.82, 2.24) is 9.80 Å². The second-order valence-electron chi connectivity index (χ2n) is 7.92. The molecule has 2 amide bonds. The molecule has 0 radical (unpaired) electrons. The van der Waals surface area contributed by atoms with E-state index in [2.05, 4.69) is 18.0 Å². The highest BCUT2D eigenvalue weighted by atomic mass is 32.1. The fourth-order valence-electron chi connectivity index (χ4n) is 3.97. The van der Waals surface area contributed by atoms with Gasteiger partial charge in [0.15, 0.2) is 0 Å². The zero-order chi connectivity index (χ0) is 21.8. The maximum absolute atomic E-state index is 13.3. The van der Waals surface area contributed by atoms with Crippen LogP contribution in [0.4, 0.5) is 0 Å². The molecule has 7 heteroatoms. The van der Waals surface area contributed by atoms with Gasteiger partial charge in [-0.2, -0.15) is 0 Å². The largest absolute Gasteiger partial charge is 0.497 e. The minimum Gasteiger partial charge on any atom is -0.497 e. The molecule has 1 fully saturated rings. The number of thiophene rings is 1. The van der Waals surface area contributed by atoms with Crippen LogP contribution >= 0.6 is 11.3 Å². The molecule has 2 aliphatic rings. The third-order valence-electron chi connectivity index (χ3n) is 5.78. The molecule has 0 N–H and O–H groups in total. The molecule has 1 aromatic carbocycles. The number of benzene rings is 1. The SMILES string of the molecule is C=CCN(CC(=O)N1CCc2sccc2C1COc1cccc(OC)c1)C(=O)C1CC1. The summed E-state index contributed by atoms with van der Waals surface area (Å²) in [4.78, 5) is 30.7. The minimum absolute atomic E-state index is 0.0491. The van der Waals surface area contributed by atoms with Crippen molar-refractivity contribution < 1.29 is 19.1 Å². The molecule has 4 rings (SSSR count). The van der Waals surface area contributed by atoms with E-state index in [-0.39, 0.29) is 30.3 Å². The molecule has 1 unspecified atom stereocenters. The van der Waals surface area contributed by atoms with E-state index in [9.17, 15) is 9.59 Å². The Kier molecular flexibility index (Phi) is 6.61. The number of amides is 2. The van der Waals surface area contributed by atoms with Gasteiger partial charge in [-0.1, -0.05) is 12.1 Å². The lowest BCUT2D eigenvalue weighted by atomic mass is 10.0. The zero-order valence-electron chi connectivity index (χ0n) is 17.8. The Balaban J connectivity index is 1.49. The number of carbonyl (C=O) groups excluding carboxylic acids is 2. The Labute approximate surface area is 187 Å². The number of fused-ring (bicyclic) bond motifs is 1. The van der Waals surface area contributed by atoms with Crippen LogP contribution in [0.2, 0.25) is 0 Å². The number of nitrogens with zero attached hydrogens (tertiary/aromatic N) is 2. The van der Waals surface area contributed by atoms with Crippen molar-refractivity contribution in [3.05, 3.63) is 58.8 Å². The fraction of sp³-hybridized carbons (Fsp3) is 0.417. The molecular formula is C24H28N2O4S.